The maximum Gasteiger partial charge on any atom is 0.306 e. The first kappa shape index (κ1) is 23.9. The van der Waals surface area contributed by atoms with E-state index in [4.69, 9.17) is 9.47 Å². The van der Waals surface area contributed by atoms with E-state index in [9.17, 15) is 9.59 Å². The average Bonchev–Trinajstić information content (AvgIpc) is 3.22. The summed E-state index contributed by atoms with van der Waals surface area (Å²) in [5.41, 5.74) is 1.50. The van der Waals surface area contributed by atoms with Crippen molar-refractivity contribution < 1.29 is 19.1 Å². The van der Waals surface area contributed by atoms with Gasteiger partial charge in [-0.3, -0.25) is 9.59 Å². The first-order valence-electron chi connectivity index (χ1n) is 13.0. The van der Waals surface area contributed by atoms with E-state index in [1.165, 1.54) is 0 Å². The third kappa shape index (κ3) is 4.94. The van der Waals surface area contributed by atoms with Crippen LogP contribution in [0.3, 0.4) is 0 Å². The van der Waals surface area contributed by atoms with Crippen LogP contribution in [0.5, 0.6) is 0 Å². The summed E-state index contributed by atoms with van der Waals surface area (Å²) >= 11 is 1.68. The number of benzene rings is 1. The molecule has 4 unspecified atom stereocenters. The summed E-state index contributed by atoms with van der Waals surface area (Å²) in [6.07, 6.45) is 9.08. The molecule has 34 heavy (non-hydrogen) atoms. The largest absolute Gasteiger partial charge is 0.457 e. The number of thiazole rings is 1. The van der Waals surface area contributed by atoms with Crippen LogP contribution in [-0.2, 0) is 19.1 Å². The number of hydrogen-bond donors (Lipinski definition) is 0. The molecule has 3 fully saturated rings. The molecule has 5 rings (SSSR count). The Morgan fingerprint density at radius 2 is 1.88 bits per heavy atom. The number of Topliss-reactive ketones (excluding diaryl/α,β-unsaturated/α-hetero) is 1. The van der Waals surface area contributed by atoms with Crippen LogP contribution in [-0.4, -0.2) is 28.4 Å². The van der Waals surface area contributed by atoms with Gasteiger partial charge in [0, 0.05) is 24.7 Å². The highest BCUT2D eigenvalue weighted by Gasteiger charge is 2.52. The van der Waals surface area contributed by atoms with Crippen LogP contribution in [0.2, 0.25) is 0 Å². The molecule has 3 aliphatic rings. The van der Waals surface area contributed by atoms with Gasteiger partial charge in [-0.15, -0.1) is 11.3 Å². The van der Waals surface area contributed by atoms with Crippen LogP contribution in [0.4, 0.5) is 0 Å². The van der Waals surface area contributed by atoms with Crippen molar-refractivity contribution >= 4 is 33.3 Å². The summed E-state index contributed by atoms with van der Waals surface area (Å²) in [7, 11) is 0. The zero-order valence-corrected chi connectivity index (χ0v) is 21.5. The quantitative estimate of drug-likeness (QED) is 0.327. The van der Waals surface area contributed by atoms with Gasteiger partial charge < -0.3 is 9.47 Å². The number of cyclic esters (lactones) is 1. The van der Waals surface area contributed by atoms with Crippen LogP contribution in [0.1, 0.15) is 101 Å². The summed E-state index contributed by atoms with van der Waals surface area (Å²) in [6.45, 7) is 6.46. The number of carbonyl (C=O) groups is 2. The number of ether oxygens (including phenoxy) is 2. The standard InChI is InChI=1S/C28H37NO4S/c1-18-6-4-12-27(3)25(33-27)17-22(20-8-9-23-21(16-20)29-19(2)34-23)32-26(31)11-15-28(13-5-14-28)24(30)10-7-18/h8-9,16,18,22,25H,4-7,10-15,17H2,1-3H3. The lowest BCUT2D eigenvalue weighted by molar-refractivity contribution is -0.151. The highest BCUT2D eigenvalue weighted by molar-refractivity contribution is 7.18. The van der Waals surface area contributed by atoms with Crippen LogP contribution in [0.25, 0.3) is 10.2 Å². The van der Waals surface area contributed by atoms with Gasteiger partial charge in [0.2, 0.25) is 0 Å². The van der Waals surface area contributed by atoms with Gasteiger partial charge in [0.15, 0.2) is 0 Å². The molecule has 1 spiro atoms. The summed E-state index contributed by atoms with van der Waals surface area (Å²) in [4.78, 5) is 30.8. The zero-order chi connectivity index (χ0) is 23.9. The molecule has 3 heterocycles. The predicted octanol–water partition coefficient (Wildman–Crippen LogP) is 6.86. The molecule has 1 aliphatic carbocycles. The molecule has 0 bridgehead atoms. The Morgan fingerprint density at radius 1 is 1.06 bits per heavy atom. The SMILES string of the molecule is Cc1nc2cc(C3CC4OC4(C)CCCC(C)CCC(=O)C4(CCC4)CCC(=O)O3)ccc2s1. The summed E-state index contributed by atoms with van der Waals surface area (Å²) in [5, 5.41) is 1.03. The van der Waals surface area contributed by atoms with Gasteiger partial charge >= 0.3 is 5.97 Å². The molecule has 0 amide bonds. The third-order valence-electron chi connectivity index (χ3n) is 8.57. The van der Waals surface area contributed by atoms with Gasteiger partial charge in [-0.25, -0.2) is 4.98 Å². The number of esters is 1. The Kier molecular flexibility index (Phi) is 6.58. The summed E-state index contributed by atoms with van der Waals surface area (Å²) in [5.74, 6) is 0.700. The second-order valence-corrected chi connectivity index (χ2v) is 12.4. The number of nitrogens with zero attached hydrogens (tertiary/aromatic N) is 1. The van der Waals surface area contributed by atoms with Crippen LogP contribution < -0.4 is 0 Å². The molecule has 4 atom stereocenters. The number of fused-ring (bicyclic) bond motifs is 2. The van der Waals surface area contributed by atoms with Crippen molar-refractivity contribution in [3.8, 4) is 0 Å². The highest BCUT2D eigenvalue weighted by atomic mass is 32.1. The van der Waals surface area contributed by atoms with Gasteiger partial charge in [0.05, 0.1) is 26.9 Å². The van der Waals surface area contributed by atoms with Crippen LogP contribution in [0.15, 0.2) is 18.2 Å². The first-order chi connectivity index (χ1) is 16.3. The van der Waals surface area contributed by atoms with E-state index in [0.717, 1.165) is 65.7 Å². The fourth-order valence-corrected chi connectivity index (χ4v) is 6.74. The minimum atomic E-state index is -0.356. The molecular formula is C28H37NO4S. The monoisotopic (exact) mass is 483 g/mol. The number of aryl methyl sites for hydroxylation is 1. The molecule has 5 nitrogen and oxygen atoms in total. The van der Waals surface area contributed by atoms with Crippen molar-refractivity contribution in [1.29, 1.82) is 0 Å². The average molecular weight is 484 g/mol. The van der Waals surface area contributed by atoms with Gasteiger partial charge in [-0.05, 0) is 69.6 Å². The van der Waals surface area contributed by atoms with Crippen molar-refractivity contribution in [2.75, 3.05) is 0 Å². The fourth-order valence-electron chi connectivity index (χ4n) is 5.93. The Bertz CT molecular complexity index is 1070. The van der Waals surface area contributed by atoms with Gasteiger partial charge in [-0.2, -0.15) is 0 Å². The molecule has 2 saturated heterocycles. The minimum absolute atomic E-state index is 0.0981. The predicted molar refractivity (Wildman–Crippen MR) is 134 cm³/mol. The van der Waals surface area contributed by atoms with Gasteiger partial charge in [-0.1, -0.05) is 32.3 Å². The molecule has 6 heteroatoms. The summed E-state index contributed by atoms with van der Waals surface area (Å²) in [6, 6.07) is 6.21. The molecule has 1 saturated carbocycles. The van der Waals surface area contributed by atoms with Crippen LogP contribution >= 0.6 is 11.3 Å². The Hall–Kier alpha value is -1.79. The Balaban J connectivity index is 1.37. The van der Waals surface area contributed by atoms with E-state index >= 15 is 0 Å². The normalized spacial score (nSPS) is 32.7. The molecule has 2 aliphatic heterocycles. The van der Waals surface area contributed by atoms with Gasteiger partial charge in [0.25, 0.3) is 0 Å². The Labute approximate surface area is 206 Å². The lowest BCUT2D eigenvalue weighted by atomic mass is 9.62. The molecular weight excluding hydrogens is 446 g/mol. The van der Waals surface area contributed by atoms with Crippen molar-refractivity contribution in [3.63, 3.8) is 0 Å². The second-order valence-electron chi connectivity index (χ2n) is 11.2. The molecule has 184 valence electrons. The molecule has 1 aromatic heterocycles. The minimum Gasteiger partial charge on any atom is -0.457 e. The van der Waals surface area contributed by atoms with E-state index in [2.05, 4.69) is 37.0 Å². The molecule has 2 aromatic rings. The van der Waals surface area contributed by atoms with Crippen molar-refractivity contribution in [2.45, 2.75) is 109 Å². The van der Waals surface area contributed by atoms with E-state index in [1.54, 1.807) is 11.3 Å². The maximum absolute atomic E-state index is 13.1. The number of rotatable bonds is 1. The van der Waals surface area contributed by atoms with Crippen molar-refractivity contribution in [1.82, 2.24) is 4.98 Å². The smallest absolute Gasteiger partial charge is 0.306 e. The lowest BCUT2D eigenvalue weighted by Gasteiger charge is -2.40. The molecule has 0 N–H and O–H groups in total. The topological polar surface area (TPSA) is 68.8 Å². The number of hydrogen-bond acceptors (Lipinski definition) is 6. The number of epoxide rings is 1. The van der Waals surface area contributed by atoms with Crippen molar-refractivity contribution in [2.24, 2.45) is 11.3 Å². The molecule has 0 radical (unpaired) electrons. The zero-order valence-electron chi connectivity index (χ0n) is 20.7. The number of ketones is 1. The van der Waals surface area contributed by atoms with E-state index < -0.39 is 0 Å². The second kappa shape index (κ2) is 9.34. The fraction of sp³-hybridized carbons (Fsp3) is 0.679. The van der Waals surface area contributed by atoms with Crippen LogP contribution in [0, 0.1) is 18.3 Å². The summed E-state index contributed by atoms with van der Waals surface area (Å²) < 4.78 is 13.4. The van der Waals surface area contributed by atoms with E-state index in [-0.39, 0.29) is 29.2 Å². The maximum atomic E-state index is 13.1. The highest BCUT2D eigenvalue weighted by Crippen LogP contribution is 2.49. The molecule has 1 aromatic carbocycles. The first-order valence-corrected chi connectivity index (χ1v) is 13.9. The number of aromatic nitrogens is 1. The Morgan fingerprint density at radius 3 is 2.65 bits per heavy atom. The number of carbonyl (C=O) groups excluding carboxylic acids is 2. The van der Waals surface area contributed by atoms with Crippen molar-refractivity contribution in [3.05, 3.63) is 28.8 Å². The lowest BCUT2D eigenvalue weighted by Crippen LogP contribution is -2.38. The van der Waals surface area contributed by atoms with Gasteiger partial charge in [0.1, 0.15) is 11.9 Å². The van der Waals surface area contributed by atoms with E-state index in [1.807, 2.05) is 6.92 Å². The van der Waals surface area contributed by atoms with E-state index in [0.29, 0.717) is 37.4 Å². The third-order valence-corrected chi connectivity index (χ3v) is 9.52.